The zero-order chi connectivity index (χ0) is 16.7. The number of nitrogens with one attached hydrogen (secondary N) is 2. The average Bonchev–Trinajstić information content (AvgIpc) is 2.53. The minimum atomic E-state index is -0.392. The molecule has 2 amide bonds. The maximum atomic E-state index is 11.9. The molecular weight excluding hydrogens is 294 g/mol. The van der Waals surface area contributed by atoms with Crippen LogP contribution in [0.3, 0.4) is 0 Å². The van der Waals surface area contributed by atoms with Crippen molar-refractivity contribution in [2.75, 3.05) is 24.4 Å². The Kier molecular flexibility index (Phi) is 5.68. The molecular formula is C17H21N3O3. The summed E-state index contributed by atoms with van der Waals surface area (Å²) in [6.45, 7) is 4.38. The minimum absolute atomic E-state index is 0.0155. The Morgan fingerprint density at radius 2 is 1.83 bits per heavy atom. The number of nitrogen functional groups attached to an aromatic ring is 1. The van der Waals surface area contributed by atoms with Crippen LogP contribution < -0.4 is 25.8 Å². The summed E-state index contributed by atoms with van der Waals surface area (Å²) < 4.78 is 11.0. The highest BCUT2D eigenvalue weighted by Gasteiger charge is 2.07. The third-order valence-corrected chi connectivity index (χ3v) is 3.07. The molecule has 6 nitrogen and oxygen atoms in total. The van der Waals surface area contributed by atoms with Crippen molar-refractivity contribution in [1.29, 1.82) is 0 Å². The third-order valence-electron chi connectivity index (χ3n) is 3.07. The van der Waals surface area contributed by atoms with Crippen LogP contribution in [-0.2, 0) is 0 Å². The standard InChI is InChI=1S/C17H21N3O3/c1-3-22-15-6-4-5-7-16(15)23-11-19-17(21)20-14-10-12(2)8-9-13(14)18/h4-10H,3,11,18H2,1-2H3,(H2,19,20,21). The first-order valence-corrected chi connectivity index (χ1v) is 7.35. The van der Waals surface area contributed by atoms with Crippen LogP contribution in [0.4, 0.5) is 16.2 Å². The number of amides is 2. The summed E-state index contributed by atoms with van der Waals surface area (Å²) in [5.41, 5.74) is 7.91. The van der Waals surface area contributed by atoms with Crippen LogP contribution in [0.15, 0.2) is 42.5 Å². The lowest BCUT2D eigenvalue weighted by atomic mass is 10.2. The molecule has 0 radical (unpaired) electrons. The molecule has 0 aliphatic heterocycles. The SMILES string of the molecule is CCOc1ccccc1OCNC(=O)Nc1cc(C)ccc1N. The number of benzene rings is 2. The number of hydrogen-bond donors (Lipinski definition) is 3. The number of hydrogen-bond acceptors (Lipinski definition) is 4. The Balaban J connectivity index is 1.87. The van der Waals surface area contributed by atoms with E-state index < -0.39 is 6.03 Å². The van der Waals surface area contributed by atoms with Gasteiger partial charge in [-0.15, -0.1) is 0 Å². The molecule has 0 saturated carbocycles. The number of urea groups is 1. The van der Waals surface area contributed by atoms with Crippen LogP contribution in [0.2, 0.25) is 0 Å². The minimum Gasteiger partial charge on any atom is -0.490 e. The Morgan fingerprint density at radius 1 is 1.13 bits per heavy atom. The topological polar surface area (TPSA) is 85.6 Å². The first kappa shape index (κ1) is 16.5. The Labute approximate surface area is 135 Å². The summed E-state index contributed by atoms with van der Waals surface area (Å²) in [6.07, 6.45) is 0. The van der Waals surface area contributed by atoms with Gasteiger partial charge in [-0.1, -0.05) is 18.2 Å². The molecule has 0 saturated heterocycles. The quantitative estimate of drug-likeness (QED) is 0.564. The van der Waals surface area contributed by atoms with Gasteiger partial charge in [-0.3, -0.25) is 0 Å². The molecule has 122 valence electrons. The average molecular weight is 315 g/mol. The molecule has 2 rings (SSSR count). The highest BCUT2D eigenvalue weighted by atomic mass is 16.5. The van der Waals surface area contributed by atoms with Crippen molar-refractivity contribution >= 4 is 17.4 Å². The molecule has 0 bridgehead atoms. The van der Waals surface area contributed by atoms with Gasteiger partial charge in [-0.25, -0.2) is 4.79 Å². The van der Waals surface area contributed by atoms with Gasteiger partial charge in [0.2, 0.25) is 0 Å². The van der Waals surface area contributed by atoms with E-state index in [0.29, 0.717) is 29.5 Å². The van der Waals surface area contributed by atoms with Crippen molar-refractivity contribution < 1.29 is 14.3 Å². The van der Waals surface area contributed by atoms with E-state index >= 15 is 0 Å². The molecule has 0 atom stereocenters. The largest absolute Gasteiger partial charge is 0.490 e. The zero-order valence-corrected chi connectivity index (χ0v) is 13.3. The Morgan fingerprint density at radius 3 is 2.52 bits per heavy atom. The van der Waals surface area contributed by atoms with Gasteiger partial charge in [0, 0.05) is 0 Å². The number of para-hydroxylation sites is 2. The van der Waals surface area contributed by atoms with E-state index in [4.69, 9.17) is 15.2 Å². The van der Waals surface area contributed by atoms with E-state index in [1.54, 1.807) is 18.2 Å². The van der Waals surface area contributed by atoms with E-state index in [0.717, 1.165) is 5.56 Å². The summed E-state index contributed by atoms with van der Waals surface area (Å²) >= 11 is 0. The fourth-order valence-electron chi connectivity index (χ4n) is 1.97. The number of anilines is 2. The number of ether oxygens (including phenoxy) is 2. The summed E-state index contributed by atoms with van der Waals surface area (Å²) in [5.74, 6) is 1.21. The normalized spacial score (nSPS) is 10.0. The van der Waals surface area contributed by atoms with Gasteiger partial charge in [0.15, 0.2) is 18.2 Å². The lowest BCUT2D eigenvalue weighted by Crippen LogP contribution is -2.32. The fourth-order valence-corrected chi connectivity index (χ4v) is 1.97. The monoisotopic (exact) mass is 315 g/mol. The summed E-state index contributed by atoms with van der Waals surface area (Å²) in [7, 11) is 0. The molecule has 0 aliphatic rings. The van der Waals surface area contributed by atoms with Crippen molar-refractivity contribution in [3.63, 3.8) is 0 Å². The second-order valence-electron chi connectivity index (χ2n) is 4.89. The van der Waals surface area contributed by atoms with E-state index in [1.807, 2.05) is 38.1 Å². The highest BCUT2D eigenvalue weighted by Crippen LogP contribution is 2.26. The van der Waals surface area contributed by atoms with Crippen molar-refractivity contribution in [3.05, 3.63) is 48.0 Å². The van der Waals surface area contributed by atoms with Gasteiger partial charge < -0.3 is 25.8 Å². The lowest BCUT2D eigenvalue weighted by molar-refractivity contribution is 0.229. The second-order valence-corrected chi connectivity index (χ2v) is 4.89. The van der Waals surface area contributed by atoms with Crippen molar-refractivity contribution in [2.45, 2.75) is 13.8 Å². The number of nitrogens with two attached hydrogens (primary N) is 1. The molecule has 0 unspecified atom stereocenters. The Bertz CT molecular complexity index is 674. The van der Waals surface area contributed by atoms with Crippen LogP contribution in [-0.4, -0.2) is 19.4 Å². The van der Waals surface area contributed by atoms with Crippen molar-refractivity contribution in [1.82, 2.24) is 5.32 Å². The molecule has 0 aromatic heterocycles. The van der Waals surface area contributed by atoms with Gasteiger partial charge in [0.1, 0.15) is 0 Å². The number of carbonyl (C=O) groups is 1. The number of rotatable bonds is 6. The predicted octanol–water partition coefficient (Wildman–Crippen LogP) is 3.13. The smallest absolute Gasteiger partial charge is 0.321 e. The Hall–Kier alpha value is -2.89. The predicted molar refractivity (Wildman–Crippen MR) is 90.9 cm³/mol. The van der Waals surface area contributed by atoms with Crippen molar-refractivity contribution in [3.8, 4) is 11.5 Å². The third kappa shape index (κ3) is 4.81. The molecule has 0 aliphatic carbocycles. The first-order chi connectivity index (χ1) is 11.1. The molecule has 2 aromatic rings. The van der Waals surface area contributed by atoms with E-state index in [1.165, 1.54) is 0 Å². The molecule has 2 aromatic carbocycles. The van der Waals surface area contributed by atoms with Crippen LogP contribution >= 0.6 is 0 Å². The van der Waals surface area contributed by atoms with Gasteiger partial charge in [0.25, 0.3) is 0 Å². The zero-order valence-electron chi connectivity index (χ0n) is 13.3. The summed E-state index contributed by atoms with van der Waals surface area (Å²) in [5, 5.41) is 5.30. The van der Waals surface area contributed by atoms with E-state index in [9.17, 15) is 4.79 Å². The molecule has 0 heterocycles. The number of carbonyl (C=O) groups excluding carboxylic acids is 1. The van der Waals surface area contributed by atoms with Gasteiger partial charge >= 0.3 is 6.03 Å². The lowest BCUT2D eigenvalue weighted by Gasteiger charge is -2.13. The van der Waals surface area contributed by atoms with Crippen LogP contribution in [0, 0.1) is 6.92 Å². The fraction of sp³-hybridized carbons (Fsp3) is 0.235. The van der Waals surface area contributed by atoms with Gasteiger partial charge in [-0.2, -0.15) is 0 Å². The van der Waals surface area contributed by atoms with Crippen LogP contribution in [0.1, 0.15) is 12.5 Å². The maximum absolute atomic E-state index is 11.9. The molecule has 4 N–H and O–H groups in total. The first-order valence-electron chi connectivity index (χ1n) is 7.35. The van der Waals surface area contributed by atoms with Gasteiger partial charge in [-0.05, 0) is 43.7 Å². The van der Waals surface area contributed by atoms with E-state index in [2.05, 4.69) is 10.6 Å². The van der Waals surface area contributed by atoms with Crippen molar-refractivity contribution in [2.24, 2.45) is 0 Å². The summed E-state index contributed by atoms with van der Waals surface area (Å²) in [4.78, 5) is 11.9. The second kappa shape index (κ2) is 7.93. The van der Waals surface area contributed by atoms with E-state index in [-0.39, 0.29) is 6.73 Å². The highest BCUT2D eigenvalue weighted by molar-refractivity contribution is 5.92. The maximum Gasteiger partial charge on any atom is 0.321 e. The van der Waals surface area contributed by atoms with Crippen LogP contribution in [0.5, 0.6) is 11.5 Å². The molecule has 0 spiro atoms. The van der Waals surface area contributed by atoms with Gasteiger partial charge in [0.05, 0.1) is 18.0 Å². The number of aryl methyl sites for hydroxylation is 1. The molecule has 23 heavy (non-hydrogen) atoms. The molecule has 6 heteroatoms. The summed E-state index contributed by atoms with van der Waals surface area (Å²) in [6, 6.07) is 12.3. The van der Waals surface area contributed by atoms with Crippen LogP contribution in [0.25, 0.3) is 0 Å². The molecule has 0 fully saturated rings.